The summed E-state index contributed by atoms with van der Waals surface area (Å²) in [6.45, 7) is 13.3. The molecule has 1 aromatic carbocycles. The van der Waals surface area contributed by atoms with Crippen molar-refractivity contribution in [2.24, 2.45) is 0 Å². The first-order valence-corrected chi connectivity index (χ1v) is 5.72. The summed E-state index contributed by atoms with van der Waals surface area (Å²) in [4.78, 5) is 2.36. The van der Waals surface area contributed by atoms with E-state index < -0.39 is 0 Å². The zero-order valence-corrected chi connectivity index (χ0v) is 10.9. The largest absolute Gasteiger partial charge is 0.302 e. The molecular weight excluding hydrogens is 182 g/mol. The lowest BCUT2D eigenvalue weighted by Crippen LogP contribution is -2.18. The molecule has 0 aromatic heterocycles. The molecule has 15 heavy (non-hydrogen) atoms. The van der Waals surface area contributed by atoms with Gasteiger partial charge in [0.2, 0.25) is 0 Å². The molecule has 0 N–H and O–H groups in total. The van der Waals surface area contributed by atoms with Gasteiger partial charge in [-0.3, -0.25) is 0 Å². The van der Waals surface area contributed by atoms with Gasteiger partial charge in [-0.05, 0) is 69.1 Å². The van der Waals surface area contributed by atoms with Gasteiger partial charge in [-0.1, -0.05) is 13.0 Å². The first-order chi connectivity index (χ1) is 6.97. The van der Waals surface area contributed by atoms with Crippen LogP contribution in [0.3, 0.4) is 0 Å². The third-order valence-electron chi connectivity index (χ3n) is 3.49. The van der Waals surface area contributed by atoms with Crippen LogP contribution in [-0.2, 0) is 6.54 Å². The Morgan fingerprint density at radius 2 is 1.47 bits per heavy atom. The van der Waals surface area contributed by atoms with Crippen molar-refractivity contribution in [3.63, 3.8) is 0 Å². The second-order valence-electron chi connectivity index (χ2n) is 4.57. The maximum atomic E-state index is 2.36. The number of hydrogen-bond donors (Lipinski definition) is 0. The molecule has 0 aliphatic heterocycles. The van der Waals surface area contributed by atoms with Crippen molar-refractivity contribution in [1.29, 1.82) is 0 Å². The van der Waals surface area contributed by atoms with Gasteiger partial charge in [0, 0.05) is 6.54 Å². The molecule has 0 amide bonds. The van der Waals surface area contributed by atoms with Crippen LogP contribution in [0.4, 0.5) is 0 Å². The lowest BCUT2D eigenvalue weighted by Gasteiger charge is -2.20. The highest BCUT2D eigenvalue weighted by Gasteiger charge is 2.09. The zero-order valence-electron chi connectivity index (χ0n) is 10.9. The summed E-state index contributed by atoms with van der Waals surface area (Å²) in [7, 11) is 2.18. The molecule has 0 unspecified atom stereocenters. The van der Waals surface area contributed by atoms with Crippen molar-refractivity contribution in [2.45, 2.75) is 41.2 Å². The minimum Gasteiger partial charge on any atom is -0.302 e. The Labute approximate surface area is 94.1 Å². The molecule has 0 atom stereocenters. The topological polar surface area (TPSA) is 3.24 Å². The van der Waals surface area contributed by atoms with E-state index in [0.717, 1.165) is 13.1 Å². The summed E-state index contributed by atoms with van der Waals surface area (Å²) in [5.74, 6) is 0. The Bertz CT molecular complexity index is 327. The van der Waals surface area contributed by atoms with Gasteiger partial charge in [-0.25, -0.2) is 0 Å². The molecule has 84 valence electrons. The van der Waals surface area contributed by atoms with Crippen molar-refractivity contribution >= 4 is 0 Å². The lowest BCUT2D eigenvalue weighted by molar-refractivity contribution is 0.344. The molecule has 0 bridgehead atoms. The fourth-order valence-electron chi connectivity index (χ4n) is 1.92. The summed E-state index contributed by atoms with van der Waals surface area (Å²) in [5.41, 5.74) is 7.25. The summed E-state index contributed by atoms with van der Waals surface area (Å²) in [6.07, 6.45) is 0. The van der Waals surface area contributed by atoms with Crippen molar-refractivity contribution < 1.29 is 0 Å². The summed E-state index contributed by atoms with van der Waals surface area (Å²) >= 11 is 0. The highest BCUT2D eigenvalue weighted by atomic mass is 15.1. The van der Waals surface area contributed by atoms with Gasteiger partial charge >= 0.3 is 0 Å². The predicted octanol–water partition coefficient (Wildman–Crippen LogP) is 3.37. The molecule has 0 saturated heterocycles. The fourth-order valence-corrected chi connectivity index (χ4v) is 1.92. The lowest BCUT2D eigenvalue weighted by atomic mass is 9.94. The SMILES string of the molecule is CCN(C)Cc1c(C)c(C)cc(C)c1C. The number of nitrogens with zero attached hydrogens (tertiary/aromatic N) is 1. The van der Waals surface area contributed by atoms with Gasteiger partial charge in [-0.15, -0.1) is 0 Å². The van der Waals surface area contributed by atoms with Crippen molar-refractivity contribution in [2.75, 3.05) is 13.6 Å². The number of hydrogen-bond acceptors (Lipinski definition) is 1. The summed E-state index contributed by atoms with van der Waals surface area (Å²) in [6, 6.07) is 2.29. The van der Waals surface area contributed by atoms with Gasteiger partial charge in [-0.2, -0.15) is 0 Å². The van der Waals surface area contributed by atoms with E-state index in [9.17, 15) is 0 Å². The second-order valence-corrected chi connectivity index (χ2v) is 4.57. The maximum Gasteiger partial charge on any atom is 0.0236 e. The minimum atomic E-state index is 1.07. The van der Waals surface area contributed by atoms with Crippen LogP contribution in [0.2, 0.25) is 0 Å². The van der Waals surface area contributed by atoms with Crippen LogP contribution in [-0.4, -0.2) is 18.5 Å². The quantitative estimate of drug-likeness (QED) is 0.731. The van der Waals surface area contributed by atoms with Crippen LogP contribution in [0.1, 0.15) is 34.7 Å². The number of rotatable bonds is 3. The van der Waals surface area contributed by atoms with E-state index in [1.165, 1.54) is 27.8 Å². The smallest absolute Gasteiger partial charge is 0.0236 e. The Morgan fingerprint density at radius 3 is 1.87 bits per heavy atom. The Hall–Kier alpha value is -0.820. The van der Waals surface area contributed by atoms with Gasteiger partial charge in [0.1, 0.15) is 0 Å². The van der Waals surface area contributed by atoms with E-state index in [1.54, 1.807) is 0 Å². The van der Waals surface area contributed by atoms with Crippen LogP contribution >= 0.6 is 0 Å². The van der Waals surface area contributed by atoms with Crippen molar-refractivity contribution in [3.05, 3.63) is 33.9 Å². The third kappa shape index (κ3) is 2.60. The van der Waals surface area contributed by atoms with Crippen LogP contribution in [0.15, 0.2) is 6.07 Å². The van der Waals surface area contributed by atoms with Crippen molar-refractivity contribution in [3.8, 4) is 0 Å². The minimum absolute atomic E-state index is 1.07. The Kier molecular flexibility index (Phi) is 3.92. The zero-order chi connectivity index (χ0) is 11.6. The second kappa shape index (κ2) is 4.80. The molecule has 0 spiro atoms. The average Bonchev–Trinajstić information content (AvgIpc) is 2.21. The van der Waals surface area contributed by atoms with Crippen LogP contribution < -0.4 is 0 Å². The fraction of sp³-hybridized carbons (Fsp3) is 0.571. The van der Waals surface area contributed by atoms with E-state index in [4.69, 9.17) is 0 Å². The highest BCUT2D eigenvalue weighted by molar-refractivity contribution is 5.43. The predicted molar refractivity (Wildman–Crippen MR) is 67.4 cm³/mol. The maximum absolute atomic E-state index is 2.36. The molecule has 0 saturated carbocycles. The van der Waals surface area contributed by atoms with Gasteiger partial charge < -0.3 is 4.90 Å². The molecule has 0 aliphatic carbocycles. The molecule has 1 rings (SSSR count). The average molecular weight is 205 g/mol. The van der Waals surface area contributed by atoms with E-state index in [-0.39, 0.29) is 0 Å². The van der Waals surface area contributed by atoms with Crippen LogP contribution in [0.25, 0.3) is 0 Å². The van der Waals surface area contributed by atoms with Gasteiger partial charge in [0.25, 0.3) is 0 Å². The van der Waals surface area contributed by atoms with Crippen LogP contribution in [0, 0.1) is 27.7 Å². The molecule has 1 aromatic rings. The van der Waals surface area contributed by atoms with E-state index >= 15 is 0 Å². The molecule has 0 fully saturated rings. The van der Waals surface area contributed by atoms with Crippen molar-refractivity contribution in [1.82, 2.24) is 4.90 Å². The number of benzene rings is 1. The first kappa shape index (κ1) is 12.3. The normalized spacial score (nSPS) is 11.1. The van der Waals surface area contributed by atoms with Crippen LogP contribution in [0.5, 0.6) is 0 Å². The molecular formula is C14H23N. The van der Waals surface area contributed by atoms with Gasteiger partial charge in [0.15, 0.2) is 0 Å². The molecule has 0 radical (unpaired) electrons. The van der Waals surface area contributed by atoms with Gasteiger partial charge in [0.05, 0.1) is 0 Å². The standard InChI is InChI=1S/C14H23N/c1-7-15(6)9-14-12(4)10(2)8-11(3)13(14)5/h8H,7,9H2,1-6H3. The Morgan fingerprint density at radius 1 is 1.00 bits per heavy atom. The summed E-state index contributed by atoms with van der Waals surface area (Å²) < 4.78 is 0. The molecule has 0 heterocycles. The molecule has 0 aliphatic rings. The monoisotopic (exact) mass is 205 g/mol. The molecule has 1 nitrogen and oxygen atoms in total. The Balaban J connectivity index is 3.15. The van der Waals surface area contributed by atoms with E-state index in [0.29, 0.717) is 0 Å². The van der Waals surface area contributed by atoms with E-state index in [2.05, 4.69) is 52.6 Å². The molecule has 1 heteroatoms. The first-order valence-electron chi connectivity index (χ1n) is 5.72. The third-order valence-corrected chi connectivity index (χ3v) is 3.49. The summed E-state index contributed by atoms with van der Waals surface area (Å²) in [5, 5.41) is 0. The van der Waals surface area contributed by atoms with E-state index in [1.807, 2.05) is 0 Å². The highest BCUT2D eigenvalue weighted by Crippen LogP contribution is 2.22. The number of aryl methyl sites for hydroxylation is 2.